The van der Waals surface area contributed by atoms with Gasteiger partial charge in [0, 0.05) is 12.6 Å². The molecule has 0 bridgehead atoms. The maximum atomic E-state index is 3.64. The Labute approximate surface area is 113 Å². The number of aryl methyl sites for hydroxylation is 2. The Bertz CT molecular complexity index is 343. The van der Waals surface area contributed by atoms with E-state index < -0.39 is 0 Å². The molecule has 0 spiro atoms. The lowest BCUT2D eigenvalue weighted by Crippen LogP contribution is -2.25. The second-order valence-corrected chi connectivity index (χ2v) is 5.56. The third-order valence-corrected chi connectivity index (χ3v) is 3.64. The first kappa shape index (κ1) is 15.2. The van der Waals surface area contributed by atoms with Gasteiger partial charge in [-0.15, -0.1) is 0 Å². The van der Waals surface area contributed by atoms with Gasteiger partial charge >= 0.3 is 0 Å². The van der Waals surface area contributed by atoms with E-state index in [0.29, 0.717) is 6.04 Å². The highest BCUT2D eigenvalue weighted by molar-refractivity contribution is 5.30. The molecule has 1 heteroatoms. The highest BCUT2D eigenvalue weighted by Crippen LogP contribution is 2.11. The normalized spacial score (nSPS) is 12.7. The van der Waals surface area contributed by atoms with Gasteiger partial charge in [-0.3, -0.25) is 0 Å². The molecule has 0 fully saturated rings. The summed E-state index contributed by atoms with van der Waals surface area (Å²) in [6.45, 7) is 9.93. The molecule has 1 N–H and O–H groups in total. The Morgan fingerprint density at radius 1 is 1.11 bits per heavy atom. The van der Waals surface area contributed by atoms with Crippen molar-refractivity contribution in [2.45, 2.75) is 72.4 Å². The van der Waals surface area contributed by atoms with Crippen LogP contribution in [0.5, 0.6) is 0 Å². The maximum Gasteiger partial charge on any atom is 0.0210 e. The minimum absolute atomic E-state index is 0.627. The van der Waals surface area contributed by atoms with Crippen LogP contribution in [0.15, 0.2) is 18.2 Å². The van der Waals surface area contributed by atoms with E-state index in [2.05, 4.69) is 51.2 Å². The van der Waals surface area contributed by atoms with E-state index >= 15 is 0 Å². The molecule has 0 aromatic heterocycles. The fourth-order valence-corrected chi connectivity index (χ4v) is 2.25. The van der Waals surface area contributed by atoms with E-state index in [-0.39, 0.29) is 0 Å². The van der Waals surface area contributed by atoms with Crippen LogP contribution in [0.3, 0.4) is 0 Å². The van der Waals surface area contributed by atoms with Crippen molar-refractivity contribution in [2.75, 3.05) is 0 Å². The number of unbranched alkanes of at least 4 members (excludes halogenated alkanes) is 3. The highest BCUT2D eigenvalue weighted by Gasteiger charge is 2.03. The van der Waals surface area contributed by atoms with Gasteiger partial charge in [-0.1, -0.05) is 56.4 Å². The summed E-state index contributed by atoms with van der Waals surface area (Å²) in [5.41, 5.74) is 4.19. The predicted molar refractivity (Wildman–Crippen MR) is 81.0 cm³/mol. The van der Waals surface area contributed by atoms with Crippen molar-refractivity contribution in [1.29, 1.82) is 0 Å². The Hall–Kier alpha value is -0.820. The van der Waals surface area contributed by atoms with Crippen LogP contribution in [0.2, 0.25) is 0 Å². The van der Waals surface area contributed by atoms with Crippen LogP contribution >= 0.6 is 0 Å². The molecule has 1 unspecified atom stereocenters. The van der Waals surface area contributed by atoms with Gasteiger partial charge in [0.1, 0.15) is 0 Å². The van der Waals surface area contributed by atoms with Crippen molar-refractivity contribution >= 4 is 0 Å². The molecule has 0 aliphatic rings. The Morgan fingerprint density at radius 2 is 1.89 bits per heavy atom. The largest absolute Gasteiger partial charge is 0.310 e. The lowest BCUT2D eigenvalue weighted by Gasteiger charge is -2.15. The molecule has 1 nitrogen and oxygen atoms in total. The van der Waals surface area contributed by atoms with Crippen molar-refractivity contribution in [3.05, 3.63) is 34.9 Å². The minimum Gasteiger partial charge on any atom is -0.310 e. The van der Waals surface area contributed by atoms with E-state index in [1.54, 1.807) is 0 Å². The van der Waals surface area contributed by atoms with Crippen LogP contribution in [-0.4, -0.2) is 6.04 Å². The molecule has 0 heterocycles. The van der Waals surface area contributed by atoms with Gasteiger partial charge in [0.05, 0.1) is 0 Å². The summed E-state index contributed by atoms with van der Waals surface area (Å²) < 4.78 is 0. The second-order valence-electron chi connectivity index (χ2n) is 5.56. The predicted octanol–water partition coefficient (Wildman–Crippen LogP) is 4.75. The molecule has 1 aromatic rings. The molecule has 0 aliphatic carbocycles. The van der Waals surface area contributed by atoms with E-state index in [0.717, 1.165) is 6.54 Å². The average Bonchev–Trinajstić information content (AvgIpc) is 2.36. The van der Waals surface area contributed by atoms with Gasteiger partial charge in [-0.25, -0.2) is 0 Å². The fourth-order valence-electron chi connectivity index (χ4n) is 2.25. The Morgan fingerprint density at radius 3 is 2.61 bits per heavy atom. The Balaban J connectivity index is 2.29. The first-order valence-corrected chi connectivity index (χ1v) is 7.43. The molecule has 18 heavy (non-hydrogen) atoms. The van der Waals surface area contributed by atoms with E-state index in [1.165, 1.54) is 48.8 Å². The summed E-state index contributed by atoms with van der Waals surface area (Å²) in [6, 6.07) is 7.33. The molecule has 1 atom stereocenters. The summed E-state index contributed by atoms with van der Waals surface area (Å²) in [5.74, 6) is 0. The summed E-state index contributed by atoms with van der Waals surface area (Å²) in [7, 11) is 0. The molecule has 1 rings (SSSR count). The molecule has 0 amide bonds. The molecular formula is C17H29N. The first-order chi connectivity index (χ1) is 8.63. The van der Waals surface area contributed by atoms with Crippen molar-refractivity contribution in [1.82, 2.24) is 5.32 Å². The number of benzene rings is 1. The zero-order valence-corrected chi connectivity index (χ0v) is 12.6. The number of rotatable bonds is 8. The van der Waals surface area contributed by atoms with Crippen molar-refractivity contribution in [3.63, 3.8) is 0 Å². The number of hydrogen-bond donors (Lipinski definition) is 1. The van der Waals surface area contributed by atoms with Crippen LogP contribution in [0.4, 0.5) is 0 Å². The SMILES string of the molecule is CCCCCCC(C)NCc1cc(C)ccc1C. The van der Waals surface area contributed by atoms with Gasteiger partial charge in [0.2, 0.25) is 0 Å². The third kappa shape index (κ3) is 5.68. The van der Waals surface area contributed by atoms with Gasteiger partial charge in [-0.2, -0.15) is 0 Å². The van der Waals surface area contributed by atoms with Crippen LogP contribution in [0.1, 0.15) is 62.6 Å². The second kappa shape index (κ2) is 8.31. The van der Waals surface area contributed by atoms with E-state index in [4.69, 9.17) is 0 Å². The summed E-state index contributed by atoms with van der Waals surface area (Å²) in [6.07, 6.45) is 6.74. The molecule has 102 valence electrons. The standard InChI is InChI=1S/C17H29N/c1-5-6-7-8-9-16(4)18-13-17-12-14(2)10-11-15(17)3/h10-12,16,18H,5-9,13H2,1-4H3. The molecule has 0 saturated heterocycles. The van der Waals surface area contributed by atoms with E-state index in [1.807, 2.05) is 0 Å². The molecular weight excluding hydrogens is 218 g/mol. The van der Waals surface area contributed by atoms with Crippen LogP contribution in [0.25, 0.3) is 0 Å². The van der Waals surface area contributed by atoms with Crippen molar-refractivity contribution in [2.24, 2.45) is 0 Å². The number of nitrogens with one attached hydrogen (secondary N) is 1. The van der Waals surface area contributed by atoms with E-state index in [9.17, 15) is 0 Å². The average molecular weight is 247 g/mol. The monoisotopic (exact) mass is 247 g/mol. The molecule has 0 saturated carbocycles. The summed E-state index contributed by atoms with van der Waals surface area (Å²) in [4.78, 5) is 0. The number of hydrogen-bond acceptors (Lipinski definition) is 1. The van der Waals surface area contributed by atoms with Gasteiger partial charge in [-0.05, 0) is 38.3 Å². The Kier molecular flexibility index (Phi) is 7.04. The zero-order valence-electron chi connectivity index (χ0n) is 12.6. The van der Waals surface area contributed by atoms with Gasteiger partial charge in [0.15, 0.2) is 0 Å². The quantitative estimate of drug-likeness (QED) is 0.654. The van der Waals surface area contributed by atoms with Crippen molar-refractivity contribution in [3.8, 4) is 0 Å². The highest BCUT2D eigenvalue weighted by atomic mass is 14.9. The lowest BCUT2D eigenvalue weighted by atomic mass is 10.0. The third-order valence-electron chi connectivity index (χ3n) is 3.64. The van der Waals surface area contributed by atoms with Crippen molar-refractivity contribution < 1.29 is 0 Å². The van der Waals surface area contributed by atoms with Gasteiger partial charge < -0.3 is 5.32 Å². The van der Waals surface area contributed by atoms with Crippen LogP contribution < -0.4 is 5.32 Å². The van der Waals surface area contributed by atoms with Crippen LogP contribution in [0, 0.1) is 13.8 Å². The smallest absolute Gasteiger partial charge is 0.0210 e. The minimum atomic E-state index is 0.627. The summed E-state index contributed by atoms with van der Waals surface area (Å²) >= 11 is 0. The fraction of sp³-hybridized carbons (Fsp3) is 0.647. The molecule has 0 aliphatic heterocycles. The topological polar surface area (TPSA) is 12.0 Å². The molecule has 1 aromatic carbocycles. The zero-order chi connectivity index (χ0) is 13.4. The van der Waals surface area contributed by atoms with Gasteiger partial charge in [0.25, 0.3) is 0 Å². The molecule has 0 radical (unpaired) electrons. The first-order valence-electron chi connectivity index (χ1n) is 7.43. The summed E-state index contributed by atoms with van der Waals surface area (Å²) in [5, 5.41) is 3.64. The lowest BCUT2D eigenvalue weighted by molar-refractivity contribution is 0.482. The van der Waals surface area contributed by atoms with Crippen LogP contribution in [-0.2, 0) is 6.54 Å². The maximum absolute atomic E-state index is 3.64.